The molecule has 15 heavy (non-hydrogen) atoms. The average Bonchev–Trinajstić information content (AvgIpc) is 2.28. The van der Waals surface area contributed by atoms with E-state index in [1.165, 1.54) is 24.1 Å². The van der Waals surface area contributed by atoms with E-state index in [1.54, 1.807) is 23.3 Å². The third kappa shape index (κ3) is 3.27. The topological polar surface area (TPSA) is 12.0 Å². The Labute approximate surface area is 104 Å². The van der Waals surface area contributed by atoms with Gasteiger partial charge in [-0.15, -0.1) is 0 Å². The van der Waals surface area contributed by atoms with E-state index in [2.05, 4.69) is 43.4 Å². The molecule has 0 aliphatic heterocycles. The van der Waals surface area contributed by atoms with Crippen molar-refractivity contribution in [1.29, 1.82) is 0 Å². The van der Waals surface area contributed by atoms with Gasteiger partial charge in [0.1, 0.15) is 0 Å². The predicted octanol–water partition coefficient (Wildman–Crippen LogP) is 3.23. The molecule has 0 fully saturated rings. The van der Waals surface area contributed by atoms with Crippen molar-refractivity contribution in [3.05, 3.63) is 29.8 Å². The van der Waals surface area contributed by atoms with Crippen molar-refractivity contribution in [2.24, 2.45) is 5.92 Å². The summed E-state index contributed by atoms with van der Waals surface area (Å²) in [5, 5.41) is 3.27. The molecule has 0 saturated heterocycles. The molecule has 1 aromatic rings. The van der Waals surface area contributed by atoms with E-state index in [0.717, 1.165) is 0 Å². The maximum absolute atomic E-state index is 3.27. The van der Waals surface area contributed by atoms with Crippen molar-refractivity contribution in [1.82, 2.24) is 0 Å². The first-order chi connectivity index (χ1) is 7.20. The molecule has 1 atom stereocenters. The summed E-state index contributed by atoms with van der Waals surface area (Å²) in [6.07, 6.45) is 2.55. The molecule has 1 aromatic carbocycles. The quantitative estimate of drug-likeness (QED) is 0.836. The minimum atomic E-state index is 0.708. The van der Waals surface area contributed by atoms with Crippen LogP contribution in [0.4, 0.5) is 5.69 Å². The summed E-state index contributed by atoms with van der Waals surface area (Å²) in [5.74, 6) is 0.708. The zero-order valence-corrected chi connectivity index (χ0v) is 12.6. The van der Waals surface area contributed by atoms with E-state index < -0.39 is 0 Å². The molecular weight excluding hydrogens is 354 g/mol. The Balaban J connectivity index is 2.90. The first-order valence-electron chi connectivity index (χ1n) is 5.51. The Morgan fingerprint density at radius 3 is 2.67 bits per heavy atom. The SMILES string of the molecule is CCCC(C)[C](=[W])c1ccccc1NC. The number of hydrogen-bond acceptors (Lipinski definition) is 1. The molecule has 2 heteroatoms. The van der Waals surface area contributed by atoms with Gasteiger partial charge in [0.05, 0.1) is 0 Å². The van der Waals surface area contributed by atoms with Crippen LogP contribution in [0.15, 0.2) is 24.3 Å². The second-order valence-electron chi connectivity index (χ2n) is 3.85. The molecule has 0 aromatic heterocycles. The summed E-state index contributed by atoms with van der Waals surface area (Å²) >= 11 is 1.59. The van der Waals surface area contributed by atoms with Crippen LogP contribution in [0.3, 0.4) is 0 Å². The summed E-state index contributed by atoms with van der Waals surface area (Å²) in [4.78, 5) is 0. The Bertz CT molecular complexity index is 333. The summed E-state index contributed by atoms with van der Waals surface area (Å²) in [7, 11) is 1.99. The maximum atomic E-state index is 3.27. The van der Waals surface area contributed by atoms with Crippen molar-refractivity contribution in [2.75, 3.05) is 12.4 Å². The van der Waals surface area contributed by atoms with Gasteiger partial charge in [0.25, 0.3) is 0 Å². The summed E-state index contributed by atoms with van der Waals surface area (Å²) < 4.78 is 1.57. The van der Waals surface area contributed by atoms with Gasteiger partial charge in [-0.3, -0.25) is 0 Å². The Hall–Kier alpha value is -0.422. The van der Waals surface area contributed by atoms with Gasteiger partial charge < -0.3 is 0 Å². The van der Waals surface area contributed by atoms with Crippen LogP contribution in [0.25, 0.3) is 0 Å². The number of hydrogen-bond donors (Lipinski definition) is 1. The molecule has 0 radical (unpaired) electrons. The zero-order valence-electron chi connectivity index (χ0n) is 9.71. The van der Waals surface area contributed by atoms with Gasteiger partial charge in [-0.05, 0) is 0 Å². The Morgan fingerprint density at radius 1 is 1.40 bits per heavy atom. The van der Waals surface area contributed by atoms with Crippen LogP contribution in [-0.4, -0.2) is 10.9 Å². The normalized spacial score (nSPS) is 12.2. The average molecular weight is 373 g/mol. The summed E-state index contributed by atoms with van der Waals surface area (Å²) in [6.45, 7) is 4.58. The number of rotatable bonds is 5. The van der Waals surface area contributed by atoms with E-state index in [1.807, 2.05) is 7.05 Å². The molecule has 1 rings (SSSR count). The van der Waals surface area contributed by atoms with Crippen LogP contribution in [-0.2, 0) is 19.4 Å². The zero-order chi connectivity index (χ0) is 11.3. The van der Waals surface area contributed by atoms with E-state index in [-0.39, 0.29) is 0 Å². The molecule has 82 valence electrons. The first kappa shape index (κ1) is 12.6. The molecular formula is C13H19NW. The summed E-state index contributed by atoms with van der Waals surface area (Å²) in [6, 6.07) is 8.58. The number of para-hydroxylation sites is 1. The third-order valence-corrected chi connectivity index (χ3v) is 4.87. The van der Waals surface area contributed by atoms with Crippen LogP contribution >= 0.6 is 0 Å². The molecule has 0 spiro atoms. The van der Waals surface area contributed by atoms with Crippen molar-refractivity contribution in [2.45, 2.75) is 26.7 Å². The molecule has 1 unspecified atom stereocenters. The van der Waals surface area contributed by atoms with Gasteiger partial charge in [0.2, 0.25) is 0 Å². The van der Waals surface area contributed by atoms with E-state index in [0.29, 0.717) is 5.92 Å². The molecule has 0 saturated carbocycles. The Morgan fingerprint density at radius 2 is 2.07 bits per heavy atom. The summed E-state index contributed by atoms with van der Waals surface area (Å²) in [5.41, 5.74) is 2.65. The van der Waals surface area contributed by atoms with Crippen LogP contribution in [0.1, 0.15) is 32.3 Å². The van der Waals surface area contributed by atoms with Crippen molar-refractivity contribution < 1.29 is 19.4 Å². The monoisotopic (exact) mass is 373 g/mol. The van der Waals surface area contributed by atoms with Gasteiger partial charge in [0.15, 0.2) is 0 Å². The number of nitrogens with one attached hydrogen (secondary N) is 1. The van der Waals surface area contributed by atoms with Gasteiger partial charge in [-0.25, -0.2) is 0 Å². The standard InChI is InChI=1S/C13H19N.W/c1-4-7-11(2)10-12-8-5-6-9-13(12)14-3;/h5-6,8-9,11,14H,4,7H2,1-3H3;. The fraction of sp³-hybridized carbons (Fsp3) is 0.462. The van der Waals surface area contributed by atoms with Crippen LogP contribution < -0.4 is 5.32 Å². The first-order valence-corrected chi connectivity index (χ1v) is 6.98. The van der Waals surface area contributed by atoms with Crippen molar-refractivity contribution >= 4 is 9.59 Å². The van der Waals surface area contributed by atoms with Crippen molar-refractivity contribution in [3.8, 4) is 0 Å². The molecule has 0 aliphatic rings. The molecule has 1 N–H and O–H groups in total. The number of benzene rings is 1. The van der Waals surface area contributed by atoms with Gasteiger partial charge >= 0.3 is 104 Å². The van der Waals surface area contributed by atoms with Gasteiger partial charge in [-0.2, -0.15) is 0 Å². The third-order valence-electron chi connectivity index (χ3n) is 2.63. The van der Waals surface area contributed by atoms with Gasteiger partial charge in [-0.1, -0.05) is 0 Å². The predicted molar refractivity (Wildman–Crippen MR) is 64.2 cm³/mol. The minimum absolute atomic E-state index is 0.708. The van der Waals surface area contributed by atoms with E-state index in [9.17, 15) is 0 Å². The van der Waals surface area contributed by atoms with Crippen LogP contribution in [0.2, 0.25) is 0 Å². The Kier molecular flexibility index (Phi) is 5.25. The second kappa shape index (κ2) is 6.22. The molecule has 0 aliphatic carbocycles. The molecule has 0 heterocycles. The fourth-order valence-electron chi connectivity index (χ4n) is 1.75. The van der Waals surface area contributed by atoms with E-state index >= 15 is 0 Å². The molecule has 0 bridgehead atoms. The van der Waals surface area contributed by atoms with Crippen LogP contribution in [0, 0.1) is 5.92 Å². The number of anilines is 1. The van der Waals surface area contributed by atoms with Crippen LogP contribution in [0.5, 0.6) is 0 Å². The molecule has 0 amide bonds. The second-order valence-corrected chi connectivity index (χ2v) is 5.43. The van der Waals surface area contributed by atoms with Crippen molar-refractivity contribution in [3.63, 3.8) is 0 Å². The van der Waals surface area contributed by atoms with E-state index in [4.69, 9.17) is 0 Å². The fourth-order valence-corrected chi connectivity index (χ4v) is 2.81. The van der Waals surface area contributed by atoms with Gasteiger partial charge in [0, 0.05) is 0 Å². The molecule has 1 nitrogen and oxygen atoms in total.